The van der Waals surface area contributed by atoms with Crippen LogP contribution in [-0.2, 0) is 0 Å². The van der Waals surface area contributed by atoms with Crippen LogP contribution in [0.4, 0.5) is 4.39 Å². The molecule has 156 valence electrons. The number of rotatable bonds is 7. The Hall–Kier alpha value is -1.67. The van der Waals surface area contributed by atoms with Crippen LogP contribution in [0.2, 0.25) is 0 Å². The second-order valence-corrected chi connectivity index (χ2v) is 7.46. The summed E-state index contributed by atoms with van der Waals surface area (Å²) in [4.78, 5) is 16.0. The first-order valence-corrected chi connectivity index (χ1v) is 9.74. The summed E-state index contributed by atoms with van der Waals surface area (Å²) in [6, 6.07) is 3.98. The van der Waals surface area contributed by atoms with E-state index in [4.69, 9.17) is 11.5 Å². The number of fused-ring (bicyclic) bond motifs is 1. The molecule has 7 N–H and O–H groups in total. The van der Waals surface area contributed by atoms with Gasteiger partial charge in [0.1, 0.15) is 11.5 Å². The van der Waals surface area contributed by atoms with Gasteiger partial charge in [-0.1, -0.05) is 19.3 Å². The van der Waals surface area contributed by atoms with Crippen LogP contribution in [0, 0.1) is 5.82 Å². The highest BCUT2D eigenvalue weighted by atomic mass is 35.5. The van der Waals surface area contributed by atoms with Gasteiger partial charge in [-0.05, 0) is 55.5 Å². The molecule has 6 nitrogen and oxygen atoms in total. The molecule has 1 aromatic carbocycles. The van der Waals surface area contributed by atoms with E-state index in [1.54, 1.807) is 6.07 Å². The third kappa shape index (κ3) is 5.03. The highest BCUT2D eigenvalue weighted by Crippen LogP contribution is 2.38. The lowest BCUT2D eigenvalue weighted by Gasteiger charge is -2.23. The van der Waals surface area contributed by atoms with Crippen molar-refractivity contribution >= 4 is 29.2 Å². The largest absolute Gasteiger partial charge is 0.391 e. The van der Waals surface area contributed by atoms with Gasteiger partial charge in [-0.25, -0.2) is 4.39 Å². The van der Waals surface area contributed by atoms with Crippen molar-refractivity contribution in [3.05, 3.63) is 35.3 Å². The van der Waals surface area contributed by atoms with Crippen molar-refractivity contribution in [1.82, 2.24) is 10.3 Å². The first-order valence-electron chi connectivity index (χ1n) is 9.74. The van der Waals surface area contributed by atoms with E-state index in [1.807, 2.05) is 0 Å². The highest BCUT2D eigenvalue weighted by Gasteiger charge is 2.26. The summed E-state index contributed by atoms with van der Waals surface area (Å²) in [5.74, 6) is -0.341. The van der Waals surface area contributed by atoms with E-state index < -0.39 is 12.1 Å². The minimum Gasteiger partial charge on any atom is -0.391 e. The Balaban J connectivity index is 0.00000280. The number of halogens is 2. The number of carbonyl (C=O) groups excluding carboxylic acids is 1. The summed E-state index contributed by atoms with van der Waals surface area (Å²) in [5.41, 5.74) is 13.5. The zero-order valence-corrected chi connectivity index (χ0v) is 16.7. The standard InChI is InChI=1S/C20H29FN4O2.ClH/c21-13-6-7-16-14(10-13)18(12-4-2-1-3-5-12)19(25-16)20(27)24-11-15(23)17(26)8-9-22;/h6-7,10,12,15,17,25-26H,1-5,8-9,11,22-23H2,(H,24,27);1H/t15-,17?;/m0./s1. The second-order valence-electron chi connectivity index (χ2n) is 7.46. The van der Waals surface area contributed by atoms with Crippen molar-refractivity contribution in [3.8, 4) is 0 Å². The lowest BCUT2D eigenvalue weighted by molar-refractivity contribution is 0.0923. The fraction of sp³-hybridized carbons (Fsp3) is 0.550. The number of aromatic amines is 1. The molecule has 2 atom stereocenters. The second kappa shape index (κ2) is 10.2. The molecule has 0 bridgehead atoms. The molecular weight excluding hydrogens is 383 g/mol. The Morgan fingerprint density at radius 3 is 2.71 bits per heavy atom. The van der Waals surface area contributed by atoms with Crippen molar-refractivity contribution in [2.24, 2.45) is 11.5 Å². The van der Waals surface area contributed by atoms with Crippen LogP contribution in [0.1, 0.15) is 60.5 Å². The normalized spacial score (nSPS) is 17.1. The molecule has 2 aromatic rings. The smallest absolute Gasteiger partial charge is 0.268 e. The highest BCUT2D eigenvalue weighted by molar-refractivity contribution is 6.01. The molecule has 1 aliphatic carbocycles. The molecule has 1 heterocycles. The molecule has 1 amide bonds. The number of nitrogens with one attached hydrogen (secondary N) is 2. The van der Waals surface area contributed by atoms with Crippen LogP contribution >= 0.6 is 12.4 Å². The number of benzene rings is 1. The van der Waals surface area contributed by atoms with E-state index in [-0.39, 0.29) is 36.6 Å². The quantitative estimate of drug-likeness (QED) is 0.480. The Morgan fingerprint density at radius 1 is 1.32 bits per heavy atom. The summed E-state index contributed by atoms with van der Waals surface area (Å²) >= 11 is 0. The van der Waals surface area contributed by atoms with E-state index in [1.165, 1.54) is 18.6 Å². The van der Waals surface area contributed by atoms with Crippen molar-refractivity contribution in [1.29, 1.82) is 0 Å². The number of amides is 1. The molecule has 1 aromatic heterocycles. The molecule has 0 saturated heterocycles. The Labute approximate surface area is 170 Å². The van der Waals surface area contributed by atoms with Gasteiger partial charge in [0.25, 0.3) is 5.91 Å². The number of hydrogen-bond donors (Lipinski definition) is 5. The van der Waals surface area contributed by atoms with Gasteiger partial charge in [0.05, 0.1) is 6.10 Å². The van der Waals surface area contributed by atoms with Gasteiger partial charge in [0.2, 0.25) is 0 Å². The van der Waals surface area contributed by atoms with E-state index in [0.717, 1.165) is 42.1 Å². The number of aliphatic hydroxyl groups excluding tert-OH is 1. The number of carbonyl (C=O) groups is 1. The Bertz CT molecular complexity index is 792. The Kier molecular flexibility index (Phi) is 8.24. The fourth-order valence-corrected chi connectivity index (χ4v) is 4.00. The van der Waals surface area contributed by atoms with Gasteiger partial charge in [-0.3, -0.25) is 4.79 Å². The molecule has 0 aliphatic heterocycles. The summed E-state index contributed by atoms with van der Waals surface area (Å²) in [6.45, 7) is 0.482. The van der Waals surface area contributed by atoms with E-state index in [9.17, 15) is 14.3 Å². The van der Waals surface area contributed by atoms with Crippen LogP contribution in [0.5, 0.6) is 0 Å². The molecule has 28 heavy (non-hydrogen) atoms. The van der Waals surface area contributed by atoms with E-state index in [0.29, 0.717) is 18.7 Å². The van der Waals surface area contributed by atoms with Crippen LogP contribution in [-0.4, -0.2) is 41.2 Å². The van der Waals surface area contributed by atoms with E-state index in [2.05, 4.69) is 10.3 Å². The summed E-state index contributed by atoms with van der Waals surface area (Å²) in [7, 11) is 0. The first kappa shape index (κ1) is 22.6. The van der Waals surface area contributed by atoms with Gasteiger partial charge in [-0.15, -0.1) is 12.4 Å². The Morgan fingerprint density at radius 2 is 2.04 bits per heavy atom. The zero-order valence-electron chi connectivity index (χ0n) is 15.9. The van der Waals surface area contributed by atoms with E-state index >= 15 is 0 Å². The average Bonchev–Trinajstić information content (AvgIpc) is 3.05. The number of nitrogens with two attached hydrogens (primary N) is 2. The maximum atomic E-state index is 13.8. The van der Waals surface area contributed by atoms with Crippen LogP contribution in [0.3, 0.4) is 0 Å². The summed E-state index contributed by atoms with van der Waals surface area (Å²) in [5, 5.41) is 13.5. The van der Waals surface area contributed by atoms with Gasteiger partial charge in [0, 0.05) is 23.5 Å². The van der Waals surface area contributed by atoms with Crippen LogP contribution < -0.4 is 16.8 Å². The number of hydrogen-bond acceptors (Lipinski definition) is 4. The molecule has 0 spiro atoms. The number of aromatic nitrogens is 1. The minimum atomic E-state index is -0.759. The van der Waals surface area contributed by atoms with Gasteiger partial charge >= 0.3 is 0 Å². The molecule has 8 heteroatoms. The molecule has 3 rings (SSSR count). The van der Waals surface area contributed by atoms with Crippen molar-refractivity contribution in [2.75, 3.05) is 13.1 Å². The predicted molar refractivity (Wildman–Crippen MR) is 111 cm³/mol. The first-order chi connectivity index (χ1) is 13.0. The summed E-state index contributed by atoms with van der Waals surface area (Å²) < 4.78 is 13.8. The van der Waals surface area contributed by atoms with Crippen molar-refractivity contribution in [3.63, 3.8) is 0 Å². The third-order valence-electron chi connectivity index (χ3n) is 5.50. The molecule has 1 fully saturated rings. The van der Waals surface area contributed by atoms with Crippen LogP contribution in [0.15, 0.2) is 18.2 Å². The topological polar surface area (TPSA) is 117 Å². The number of H-pyrrole nitrogens is 1. The predicted octanol–water partition coefficient (Wildman–Crippen LogP) is 2.54. The monoisotopic (exact) mass is 412 g/mol. The lowest BCUT2D eigenvalue weighted by atomic mass is 9.82. The van der Waals surface area contributed by atoms with Crippen molar-refractivity contribution < 1.29 is 14.3 Å². The summed E-state index contributed by atoms with van der Waals surface area (Å²) in [6.07, 6.45) is 5.05. The average molecular weight is 413 g/mol. The van der Waals surface area contributed by atoms with Crippen LogP contribution in [0.25, 0.3) is 10.9 Å². The maximum Gasteiger partial charge on any atom is 0.268 e. The van der Waals surface area contributed by atoms with Gasteiger partial charge in [0.15, 0.2) is 0 Å². The SMILES string of the molecule is Cl.NCCC(O)[C@@H](N)CNC(=O)c1[nH]c2ccc(F)cc2c1C1CCCCC1. The maximum absolute atomic E-state index is 13.8. The third-order valence-corrected chi connectivity index (χ3v) is 5.50. The minimum absolute atomic E-state index is 0. The molecule has 1 aliphatic rings. The lowest BCUT2D eigenvalue weighted by Crippen LogP contribution is -2.45. The molecule has 0 radical (unpaired) electrons. The fourth-order valence-electron chi connectivity index (χ4n) is 4.00. The number of aliphatic hydroxyl groups is 1. The zero-order chi connectivity index (χ0) is 19.4. The van der Waals surface area contributed by atoms with Gasteiger partial charge < -0.3 is 26.9 Å². The molecular formula is C20H30ClFN4O2. The molecule has 1 unspecified atom stereocenters. The van der Waals surface area contributed by atoms with Gasteiger partial charge in [-0.2, -0.15) is 0 Å². The van der Waals surface area contributed by atoms with Crippen molar-refractivity contribution in [2.45, 2.75) is 56.6 Å². The molecule has 1 saturated carbocycles.